The first-order chi connectivity index (χ1) is 10.3. The summed E-state index contributed by atoms with van der Waals surface area (Å²) in [6, 6.07) is 9.83. The van der Waals surface area contributed by atoms with Crippen LogP contribution in [0.5, 0.6) is 0 Å². The third-order valence-corrected chi connectivity index (χ3v) is 4.24. The molecule has 0 bridgehead atoms. The summed E-state index contributed by atoms with van der Waals surface area (Å²) in [6.45, 7) is 0.766. The van der Waals surface area contributed by atoms with Crippen LogP contribution in [0.25, 0.3) is 10.8 Å². The van der Waals surface area contributed by atoms with Gasteiger partial charge in [-0.3, -0.25) is 4.79 Å². The average Bonchev–Trinajstić information content (AvgIpc) is 3.04. The highest BCUT2D eigenvalue weighted by molar-refractivity contribution is 6.00. The number of carbonyl (C=O) groups is 1. The first-order valence-electron chi connectivity index (χ1n) is 7.63. The van der Waals surface area contributed by atoms with E-state index < -0.39 is 0 Å². The molecule has 21 heavy (non-hydrogen) atoms. The summed E-state index contributed by atoms with van der Waals surface area (Å²) in [5.74, 6) is 1.31. The fourth-order valence-electron chi connectivity index (χ4n) is 3.05. The molecule has 4 nitrogen and oxygen atoms in total. The van der Waals surface area contributed by atoms with Gasteiger partial charge in [-0.2, -0.15) is 0 Å². The van der Waals surface area contributed by atoms with Gasteiger partial charge in [0, 0.05) is 19.0 Å². The van der Waals surface area contributed by atoms with Crippen molar-refractivity contribution in [2.45, 2.75) is 25.7 Å². The minimum atomic E-state index is -0.0795. The van der Waals surface area contributed by atoms with Crippen molar-refractivity contribution in [1.29, 1.82) is 0 Å². The predicted octanol–water partition coefficient (Wildman–Crippen LogP) is 3.20. The van der Waals surface area contributed by atoms with E-state index in [1.807, 2.05) is 37.4 Å². The van der Waals surface area contributed by atoms with Crippen LogP contribution in [-0.2, 0) is 0 Å². The van der Waals surface area contributed by atoms with Crippen LogP contribution in [0.3, 0.4) is 0 Å². The molecule has 0 unspecified atom stereocenters. The van der Waals surface area contributed by atoms with E-state index in [2.05, 4.69) is 15.6 Å². The third-order valence-electron chi connectivity index (χ3n) is 4.24. The van der Waals surface area contributed by atoms with E-state index in [1.54, 1.807) is 0 Å². The van der Waals surface area contributed by atoms with Gasteiger partial charge in [-0.05, 0) is 30.2 Å². The number of fused-ring (bicyclic) bond motifs is 1. The zero-order chi connectivity index (χ0) is 14.7. The molecule has 1 aromatic carbocycles. The predicted molar refractivity (Wildman–Crippen MR) is 85.6 cm³/mol. The number of rotatable bonds is 4. The van der Waals surface area contributed by atoms with Crippen LogP contribution < -0.4 is 10.6 Å². The zero-order valence-corrected chi connectivity index (χ0v) is 12.4. The lowest BCUT2D eigenvalue weighted by atomic mass is 10.1. The smallest absolute Gasteiger partial charge is 0.270 e. The van der Waals surface area contributed by atoms with E-state index >= 15 is 0 Å². The van der Waals surface area contributed by atoms with Crippen LogP contribution in [0.4, 0.5) is 5.82 Å². The number of aromatic nitrogens is 1. The van der Waals surface area contributed by atoms with Crippen LogP contribution in [-0.4, -0.2) is 24.5 Å². The number of hydrogen-bond acceptors (Lipinski definition) is 3. The van der Waals surface area contributed by atoms with Crippen LogP contribution >= 0.6 is 0 Å². The van der Waals surface area contributed by atoms with Crippen LogP contribution in [0, 0.1) is 5.92 Å². The number of anilines is 1. The second kappa shape index (κ2) is 6.12. The minimum absolute atomic E-state index is 0.0795. The molecule has 0 atom stereocenters. The Morgan fingerprint density at radius 2 is 2.05 bits per heavy atom. The molecule has 1 aliphatic carbocycles. The number of benzene rings is 1. The average molecular weight is 283 g/mol. The van der Waals surface area contributed by atoms with Crippen molar-refractivity contribution in [3.05, 3.63) is 36.0 Å². The number of pyridine rings is 1. The quantitative estimate of drug-likeness (QED) is 0.906. The standard InChI is InChI=1S/C17H21N3O/c1-18-16-14-9-5-4-8-13(14)10-15(20-16)17(21)19-11-12-6-2-3-7-12/h4-5,8-10,12H,2-3,6-7,11H2,1H3,(H,18,20)(H,19,21). The number of nitrogens with one attached hydrogen (secondary N) is 2. The SMILES string of the molecule is CNc1nc(C(=O)NCC2CCCC2)cc2ccccc12. The monoisotopic (exact) mass is 283 g/mol. The summed E-state index contributed by atoms with van der Waals surface area (Å²) in [6.07, 6.45) is 5.04. The number of hydrogen-bond donors (Lipinski definition) is 2. The fourth-order valence-corrected chi connectivity index (χ4v) is 3.05. The van der Waals surface area contributed by atoms with Gasteiger partial charge in [-0.25, -0.2) is 4.98 Å². The Labute approximate surface area is 125 Å². The molecule has 0 saturated heterocycles. The molecule has 2 N–H and O–H groups in total. The zero-order valence-electron chi connectivity index (χ0n) is 12.4. The summed E-state index contributed by atoms with van der Waals surface area (Å²) >= 11 is 0. The summed E-state index contributed by atoms with van der Waals surface area (Å²) in [4.78, 5) is 16.8. The molecule has 4 heteroatoms. The molecule has 0 spiro atoms. The van der Waals surface area contributed by atoms with Crippen molar-refractivity contribution in [2.24, 2.45) is 5.92 Å². The Kier molecular flexibility index (Phi) is 4.04. The molecule has 1 amide bonds. The summed E-state index contributed by atoms with van der Waals surface area (Å²) in [7, 11) is 1.83. The molecular weight excluding hydrogens is 262 g/mol. The van der Waals surface area contributed by atoms with Crippen LogP contribution in [0.2, 0.25) is 0 Å². The molecular formula is C17H21N3O. The Balaban J connectivity index is 1.80. The van der Waals surface area contributed by atoms with E-state index in [1.165, 1.54) is 25.7 Å². The van der Waals surface area contributed by atoms with E-state index in [0.29, 0.717) is 11.6 Å². The highest BCUT2D eigenvalue weighted by Gasteiger charge is 2.17. The summed E-state index contributed by atoms with van der Waals surface area (Å²) < 4.78 is 0. The topological polar surface area (TPSA) is 54.0 Å². The van der Waals surface area contributed by atoms with Gasteiger partial charge in [0.25, 0.3) is 5.91 Å². The number of nitrogens with zero attached hydrogens (tertiary/aromatic N) is 1. The van der Waals surface area contributed by atoms with Crippen molar-refractivity contribution >= 4 is 22.5 Å². The van der Waals surface area contributed by atoms with E-state index in [4.69, 9.17) is 0 Å². The van der Waals surface area contributed by atoms with Crippen LogP contribution in [0.15, 0.2) is 30.3 Å². The Bertz CT molecular complexity index is 648. The first-order valence-corrected chi connectivity index (χ1v) is 7.63. The van der Waals surface area contributed by atoms with E-state index in [0.717, 1.165) is 23.1 Å². The van der Waals surface area contributed by atoms with Gasteiger partial charge < -0.3 is 10.6 Å². The molecule has 1 aliphatic rings. The summed E-state index contributed by atoms with van der Waals surface area (Å²) in [5.41, 5.74) is 0.482. The lowest BCUT2D eigenvalue weighted by Crippen LogP contribution is -2.29. The van der Waals surface area contributed by atoms with Gasteiger partial charge in [-0.15, -0.1) is 0 Å². The van der Waals surface area contributed by atoms with Gasteiger partial charge in [0.05, 0.1) is 0 Å². The first kappa shape index (κ1) is 13.9. The van der Waals surface area contributed by atoms with E-state index in [-0.39, 0.29) is 5.91 Å². The lowest BCUT2D eigenvalue weighted by Gasteiger charge is -2.12. The molecule has 3 rings (SSSR count). The van der Waals surface area contributed by atoms with E-state index in [9.17, 15) is 4.79 Å². The largest absolute Gasteiger partial charge is 0.373 e. The van der Waals surface area contributed by atoms with Crippen molar-refractivity contribution in [2.75, 3.05) is 18.9 Å². The molecule has 0 aliphatic heterocycles. The molecule has 110 valence electrons. The summed E-state index contributed by atoms with van der Waals surface area (Å²) in [5, 5.41) is 8.16. The number of amides is 1. The molecule has 1 fully saturated rings. The Morgan fingerprint density at radius 3 is 2.81 bits per heavy atom. The number of carbonyl (C=O) groups excluding carboxylic acids is 1. The highest BCUT2D eigenvalue weighted by Crippen LogP contribution is 2.24. The second-order valence-electron chi connectivity index (χ2n) is 5.69. The van der Waals surface area contributed by atoms with Gasteiger partial charge in [0.2, 0.25) is 0 Å². The fraction of sp³-hybridized carbons (Fsp3) is 0.412. The Morgan fingerprint density at radius 1 is 1.29 bits per heavy atom. The van der Waals surface area contributed by atoms with Crippen molar-refractivity contribution in [3.8, 4) is 0 Å². The van der Waals surface area contributed by atoms with Crippen LogP contribution in [0.1, 0.15) is 36.2 Å². The maximum absolute atomic E-state index is 12.3. The van der Waals surface area contributed by atoms with Gasteiger partial charge >= 0.3 is 0 Å². The molecule has 1 saturated carbocycles. The van der Waals surface area contributed by atoms with Crippen molar-refractivity contribution in [1.82, 2.24) is 10.3 Å². The van der Waals surface area contributed by atoms with Gasteiger partial charge in [0.15, 0.2) is 0 Å². The van der Waals surface area contributed by atoms with Gasteiger partial charge in [0.1, 0.15) is 11.5 Å². The normalized spacial score (nSPS) is 15.3. The molecule has 1 heterocycles. The third kappa shape index (κ3) is 2.99. The Hall–Kier alpha value is -2.10. The highest BCUT2D eigenvalue weighted by atomic mass is 16.1. The minimum Gasteiger partial charge on any atom is -0.373 e. The van der Waals surface area contributed by atoms with Crippen molar-refractivity contribution < 1.29 is 4.79 Å². The van der Waals surface area contributed by atoms with Crippen molar-refractivity contribution in [3.63, 3.8) is 0 Å². The second-order valence-corrected chi connectivity index (χ2v) is 5.69. The maximum Gasteiger partial charge on any atom is 0.270 e. The molecule has 0 radical (unpaired) electrons. The maximum atomic E-state index is 12.3. The molecule has 1 aromatic heterocycles. The molecule has 2 aromatic rings. The van der Waals surface area contributed by atoms with Gasteiger partial charge in [-0.1, -0.05) is 37.1 Å². The lowest BCUT2D eigenvalue weighted by molar-refractivity contribution is 0.0942.